The van der Waals surface area contributed by atoms with E-state index >= 15 is 0 Å². The van der Waals surface area contributed by atoms with Gasteiger partial charge in [0.1, 0.15) is 11.2 Å². The molecule has 10 aromatic rings. The number of fused-ring (bicyclic) bond motifs is 5. The van der Waals surface area contributed by atoms with Crippen molar-refractivity contribution >= 4 is 54.1 Å². The SMILES string of the molecule is c1ccc(-c2ccccc2-c2nc(-c3ccc(-c4cc5ccccc5s4)cc3)nc(-c3ccc4oc5cc6ccccc6cc5c4c3)n2)cc1. The molecule has 3 aromatic heterocycles. The van der Waals surface area contributed by atoms with Crippen LogP contribution in [0.2, 0.25) is 0 Å². The van der Waals surface area contributed by atoms with Crippen molar-refractivity contribution in [1.82, 2.24) is 15.0 Å². The van der Waals surface area contributed by atoms with Crippen molar-refractivity contribution in [3.63, 3.8) is 0 Å². The van der Waals surface area contributed by atoms with E-state index < -0.39 is 0 Å². The number of nitrogens with zero attached hydrogens (tertiary/aromatic N) is 3. The van der Waals surface area contributed by atoms with Crippen LogP contribution in [0.3, 0.4) is 0 Å². The Morgan fingerprint density at radius 2 is 0.980 bits per heavy atom. The monoisotopic (exact) mass is 657 g/mol. The zero-order valence-corrected chi connectivity index (χ0v) is 27.6. The summed E-state index contributed by atoms with van der Waals surface area (Å²) < 4.78 is 7.60. The van der Waals surface area contributed by atoms with Gasteiger partial charge in [-0.15, -0.1) is 11.3 Å². The fourth-order valence-electron chi connectivity index (χ4n) is 6.81. The molecular weight excluding hydrogens is 631 g/mol. The van der Waals surface area contributed by atoms with Crippen molar-refractivity contribution in [3.05, 3.63) is 164 Å². The minimum absolute atomic E-state index is 0.610. The summed E-state index contributed by atoms with van der Waals surface area (Å²) in [7, 11) is 0. The Hall–Kier alpha value is -6.43. The van der Waals surface area contributed by atoms with Crippen molar-refractivity contribution in [1.29, 1.82) is 0 Å². The van der Waals surface area contributed by atoms with Crippen molar-refractivity contribution < 1.29 is 4.42 Å². The van der Waals surface area contributed by atoms with E-state index in [1.165, 1.54) is 25.9 Å². The molecule has 0 atom stereocenters. The lowest BCUT2D eigenvalue weighted by atomic mass is 9.99. The lowest BCUT2D eigenvalue weighted by Crippen LogP contribution is -2.01. The third kappa shape index (κ3) is 4.95. The minimum atomic E-state index is 0.610. The van der Waals surface area contributed by atoms with Gasteiger partial charge in [-0.3, -0.25) is 0 Å². The highest BCUT2D eigenvalue weighted by atomic mass is 32.1. The number of furan rings is 1. The maximum atomic E-state index is 6.32. The van der Waals surface area contributed by atoms with Crippen molar-refractivity contribution in [2.45, 2.75) is 0 Å². The molecule has 0 saturated heterocycles. The molecule has 0 radical (unpaired) electrons. The average Bonchev–Trinajstić information content (AvgIpc) is 3.78. The van der Waals surface area contributed by atoms with Gasteiger partial charge in [-0.1, -0.05) is 121 Å². The quantitative estimate of drug-likeness (QED) is 0.185. The zero-order chi connectivity index (χ0) is 33.0. The molecule has 0 aliphatic carbocycles. The Morgan fingerprint density at radius 1 is 0.380 bits per heavy atom. The van der Waals surface area contributed by atoms with Crippen LogP contribution in [-0.4, -0.2) is 15.0 Å². The van der Waals surface area contributed by atoms with Gasteiger partial charge in [0.2, 0.25) is 0 Å². The van der Waals surface area contributed by atoms with Crippen LogP contribution in [0.1, 0.15) is 0 Å². The summed E-state index contributed by atoms with van der Waals surface area (Å²) in [5.41, 5.74) is 7.83. The average molecular weight is 658 g/mol. The Morgan fingerprint density at radius 3 is 1.78 bits per heavy atom. The molecule has 234 valence electrons. The van der Waals surface area contributed by atoms with Crippen LogP contribution in [0.25, 0.3) is 98.5 Å². The van der Waals surface area contributed by atoms with E-state index in [1.807, 2.05) is 24.3 Å². The fourth-order valence-corrected chi connectivity index (χ4v) is 7.88. The predicted molar refractivity (Wildman–Crippen MR) is 207 cm³/mol. The van der Waals surface area contributed by atoms with Gasteiger partial charge in [-0.25, -0.2) is 15.0 Å². The maximum absolute atomic E-state index is 6.32. The highest BCUT2D eigenvalue weighted by Gasteiger charge is 2.17. The molecule has 0 spiro atoms. The number of hydrogen-bond acceptors (Lipinski definition) is 5. The molecule has 0 saturated carbocycles. The van der Waals surface area contributed by atoms with E-state index in [0.29, 0.717) is 17.5 Å². The molecule has 0 fully saturated rings. The van der Waals surface area contributed by atoms with Crippen molar-refractivity contribution in [2.24, 2.45) is 0 Å². The Kier molecular flexibility index (Phi) is 6.64. The number of aromatic nitrogens is 3. The fraction of sp³-hybridized carbons (Fsp3) is 0. The Bertz CT molecular complexity index is 2840. The summed E-state index contributed by atoms with van der Waals surface area (Å²) in [6.07, 6.45) is 0. The lowest BCUT2D eigenvalue weighted by molar-refractivity contribution is 0.669. The Labute approximate surface area is 292 Å². The normalized spacial score (nSPS) is 11.6. The molecule has 7 aromatic carbocycles. The van der Waals surface area contributed by atoms with Crippen LogP contribution in [-0.2, 0) is 0 Å². The standard InChI is InChI=1S/C45H27N3OS/c1-2-10-28(11-3-1)35-15-7-8-16-36(35)45-47-43(30-20-18-29(19-21-30)42-27-33-14-6-9-17-41(33)50-42)46-44(48-45)34-22-23-39-37(25-34)38-24-31-12-4-5-13-32(31)26-40(38)49-39/h1-27H. The molecule has 0 N–H and O–H groups in total. The van der Waals surface area contributed by atoms with E-state index in [-0.39, 0.29) is 0 Å². The van der Waals surface area contributed by atoms with Crippen LogP contribution in [0.5, 0.6) is 0 Å². The first-order valence-corrected chi connectivity index (χ1v) is 17.4. The van der Waals surface area contributed by atoms with Gasteiger partial charge in [-0.2, -0.15) is 0 Å². The highest BCUT2D eigenvalue weighted by molar-refractivity contribution is 7.22. The zero-order valence-electron chi connectivity index (χ0n) is 26.7. The molecule has 5 heteroatoms. The second-order valence-corrected chi connectivity index (χ2v) is 13.5. The topological polar surface area (TPSA) is 51.8 Å². The molecule has 0 unspecified atom stereocenters. The lowest BCUT2D eigenvalue weighted by Gasteiger charge is -2.12. The minimum Gasteiger partial charge on any atom is -0.456 e. The first-order valence-electron chi connectivity index (χ1n) is 16.6. The van der Waals surface area contributed by atoms with E-state index in [1.54, 1.807) is 11.3 Å². The molecule has 0 aliphatic heterocycles. The molecule has 0 amide bonds. The van der Waals surface area contributed by atoms with Crippen LogP contribution >= 0.6 is 11.3 Å². The summed E-state index contributed by atoms with van der Waals surface area (Å²) >= 11 is 1.80. The van der Waals surface area contributed by atoms with Crippen LogP contribution in [0.4, 0.5) is 0 Å². The predicted octanol–water partition coefficient (Wildman–Crippen LogP) is 12.5. The van der Waals surface area contributed by atoms with E-state index in [0.717, 1.165) is 55.1 Å². The smallest absolute Gasteiger partial charge is 0.164 e. The Balaban J connectivity index is 1.14. The second kappa shape index (κ2) is 11.6. The third-order valence-corrected chi connectivity index (χ3v) is 10.5. The number of thiophene rings is 1. The van der Waals surface area contributed by atoms with Crippen LogP contribution in [0, 0.1) is 0 Å². The van der Waals surface area contributed by atoms with Crippen molar-refractivity contribution in [2.75, 3.05) is 0 Å². The van der Waals surface area contributed by atoms with Gasteiger partial charge in [0.25, 0.3) is 0 Å². The number of hydrogen-bond donors (Lipinski definition) is 0. The second-order valence-electron chi connectivity index (χ2n) is 12.5. The van der Waals surface area contributed by atoms with Gasteiger partial charge < -0.3 is 4.42 Å². The molecule has 10 rings (SSSR count). The summed E-state index contributed by atoms with van der Waals surface area (Å²) in [4.78, 5) is 16.6. The van der Waals surface area contributed by atoms with E-state index in [4.69, 9.17) is 19.4 Å². The number of rotatable bonds is 5. The van der Waals surface area contributed by atoms with Gasteiger partial charge in [0, 0.05) is 37.0 Å². The summed E-state index contributed by atoms with van der Waals surface area (Å²) in [6.45, 7) is 0. The molecule has 3 heterocycles. The molecule has 50 heavy (non-hydrogen) atoms. The number of benzene rings is 7. The third-order valence-electron chi connectivity index (χ3n) is 9.34. The first kappa shape index (κ1) is 28.6. The van der Waals surface area contributed by atoms with Gasteiger partial charge in [-0.05, 0) is 75.3 Å². The summed E-state index contributed by atoms with van der Waals surface area (Å²) in [5, 5.41) is 5.69. The summed E-state index contributed by atoms with van der Waals surface area (Å²) in [5.74, 6) is 1.86. The van der Waals surface area contributed by atoms with E-state index in [9.17, 15) is 0 Å². The molecular formula is C45H27N3OS. The maximum Gasteiger partial charge on any atom is 0.164 e. The highest BCUT2D eigenvalue weighted by Crippen LogP contribution is 2.38. The summed E-state index contributed by atoms with van der Waals surface area (Å²) in [6, 6.07) is 56.9. The molecule has 0 bridgehead atoms. The largest absolute Gasteiger partial charge is 0.456 e. The van der Waals surface area contributed by atoms with Crippen molar-refractivity contribution in [3.8, 4) is 55.7 Å². The van der Waals surface area contributed by atoms with E-state index in [2.05, 4.69) is 140 Å². The van der Waals surface area contributed by atoms with Gasteiger partial charge in [0.15, 0.2) is 17.5 Å². The van der Waals surface area contributed by atoms with Gasteiger partial charge in [0.05, 0.1) is 0 Å². The van der Waals surface area contributed by atoms with Crippen LogP contribution < -0.4 is 0 Å². The van der Waals surface area contributed by atoms with Crippen LogP contribution in [0.15, 0.2) is 168 Å². The first-order chi connectivity index (χ1) is 24.7. The van der Waals surface area contributed by atoms with Gasteiger partial charge >= 0.3 is 0 Å². The molecule has 0 aliphatic rings. The molecule has 4 nitrogen and oxygen atoms in total.